The number of fused-ring (bicyclic) bond motifs is 1. The lowest BCUT2D eigenvalue weighted by atomic mass is 10.0. The number of anilines is 2. The minimum Gasteiger partial charge on any atom is -0.324 e. The predicted molar refractivity (Wildman–Crippen MR) is 127 cm³/mol. The molecule has 34 heavy (non-hydrogen) atoms. The van der Waals surface area contributed by atoms with E-state index in [2.05, 4.69) is 20.7 Å². The summed E-state index contributed by atoms with van der Waals surface area (Å²) in [7, 11) is 0. The summed E-state index contributed by atoms with van der Waals surface area (Å²) in [5.74, 6) is -1.76. The van der Waals surface area contributed by atoms with E-state index in [4.69, 9.17) is 23.2 Å². The van der Waals surface area contributed by atoms with E-state index in [0.717, 1.165) is 5.56 Å². The normalized spacial score (nSPS) is 14.7. The molecule has 0 saturated heterocycles. The number of hydrogen-bond acceptors (Lipinski definition) is 4. The Hall–Kier alpha value is -3.75. The molecule has 10 heteroatoms. The first-order valence-corrected chi connectivity index (χ1v) is 10.9. The number of amides is 1. The molecular formula is C24H15Cl2F2N5O. The molecule has 2 heterocycles. The van der Waals surface area contributed by atoms with Crippen molar-refractivity contribution >= 4 is 46.7 Å². The first kappa shape index (κ1) is 22.1. The molecule has 3 aromatic carbocycles. The number of carbonyl (C=O) groups excluding carboxylic acids is 1. The Morgan fingerprint density at radius 3 is 2.44 bits per heavy atom. The van der Waals surface area contributed by atoms with Gasteiger partial charge in [0.2, 0.25) is 5.95 Å². The van der Waals surface area contributed by atoms with Gasteiger partial charge in [-0.15, -0.1) is 5.10 Å². The van der Waals surface area contributed by atoms with E-state index in [1.807, 2.05) is 0 Å². The molecule has 0 radical (unpaired) electrons. The van der Waals surface area contributed by atoms with Gasteiger partial charge in [0.05, 0.1) is 5.56 Å². The second-order valence-electron chi connectivity index (χ2n) is 7.43. The number of nitrogens with zero attached hydrogens (tertiary/aromatic N) is 3. The fraction of sp³-hybridized carbons (Fsp3) is 0.0417. The molecule has 1 aromatic heterocycles. The smallest absolute Gasteiger partial charge is 0.261 e. The minimum atomic E-state index is -0.776. The number of benzene rings is 3. The third-order valence-electron chi connectivity index (χ3n) is 5.26. The third-order valence-corrected chi connectivity index (χ3v) is 5.84. The van der Waals surface area contributed by atoms with Gasteiger partial charge in [0.1, 0.15) is 17.7 Å². The first-order chi connectivity index (χ1) is 16.4. The van der Waals surface area contributed by atoms with Gasteiger partial charge >= 0.3 is 0 Å². The largest absolute Gasteiger partial charge is 0.324 e. The highest BCUT2D eigenvalue weighted by Gasteiger charge is 2.29. The second-order valence-corrected chi connectivity index (χ2v) is 8.27. The van der Waals surface area contributed by atoms with Gasteiger partial charge < -0.3 is 5.32 Å². The van der Waals surface area contributed by atoms with Crippen LogP contribution in [0.1, 0.15) is 27.5 Å². The Morgan fingerprint density at radius 2 is 1.71 bits per heavy atom. The molecule has 1 aliphatic heterocycles. The van der Waals surface area contributed by atoms with Crippen LogP contribution in [0.15, 0.2) is 72.8 Å². The fourth-order valence-electron chi connectivity index (χ4n) is 3.66. The Bertz CT molecular complexity index is 1420. The molecule has 4 aromatic rings. The number of hydrogen-bond donors (Lipinski definition) is 2. The molecule has 170 valence electrons. The molecule has 0 spiro atoms. The van der Waals surface area contributed by atoms with Crippen LogP contribution in [0.4, 0.5) is 20.7 Å². The molecule has 1 amide bonds. The van der Waals surface area contributed by atoms with Gasteiger partial charge in [-0.3, -0.25) is 10.1 Å². The standard InChI is InChI=1S/C24H15Cl2F2N5O/c25-14-10-8-13(9-11-14)19-12-20(21-16(26)5-3-7-18(21)28)33-24(29-19)31-23(32-33)30-22(34)15-4-1-2-6-17(15)27/h1-12,20H,(H2,29,30,31,32,34)/t20-/m0/s1. The lowest BCUT2D eigenvalue weighted by Gasteiger charge is -2.25. The van der Waals surface area contributed by atoms with Crippen molar-refractivity contribution in [3.63, 3.8) is 0 Å². The highest BCUT2D eigenvalue weighted by Crippen LogP contribution is 2.37. The lowest BCUT2D eigenvalue weighted by Crippen LogP contribution is -2.21. The lowest BCUT2D eigenvalue weighted by molar-refractivity contribution is 0.102. The summed E-state index contributed by atoms with van der Waals surface area (Å²) in [5, 5.41) is 10.7. The molecule has 0 bridgehead atoms. The monoisotopic (exact) mass is 497 g/mol. The molecule has 2 N–H and O–H groups in total. The van der Waals surface area contributed by atoms with Gasteiger partial charge in [0.15, 0.2) is 0 Å². The van der Waals surface area contributed by atoms with Crippen molar-refractivity contribution in [1.29, 1.82) is 0 Å². The van der Waals surface area contributed by atoms with Gasteiger partial charge in [-0.05, 0) is 48.0 Å². The predicted octanol–water partition coefficient (Wildman–Crippen LogP) is 6.17. The first-order valence-electron chi connectivity index (χ1n) is 10.1. The van der Waals surface area contributed by atoms with E-state index >= 15 is 0 Å². The van der Waals surface area contributed by atoms with Crippen LogP contribution >= 0.6 is 23.2 Å². The summed E-state index contributed by atoms with van der Waals surface area (Å²) >= 11 is 12.4. The molecule has 0 saturated carbocycles. The van der Waals surface area contributed by atoms with Crippen molar-refractivity contribution in [3.8, 4) is 0 Å². The molecule has 5 rings (SSSR count). The maximum atomic E-state index is 14.9. The van der Waals surface area contributed by atoms with Gasteiger partial charge in [-0.2, -0.15) is 4.98 Å². The number of rotatable bonds is 4. The minimum absolute atomic E-state index is 0.0843. The van der Waals surface area contributed by atoms with Crippen molar-refractivity contribution in [2.45, 2.75) is 6.04 Å². The Labute approximate surface area is 202 Å². The maximum Gasteiger partial charge on any atom is 0.261 e. The molecule has 0 aliphatic carbocycles. The Balaban J connectivity index is 1.56. The summed E-state index contributed by atoms with van der Waals surface area (Å²) in [6.07, 6.45) is 1.75. The van der Waals surface area contributed by atoms with E-state index in [-0.39, 0.29) is 28.0 Å². The Kier molecular flexibility index (Phi) is 5.77. The maximum absolute atomic E-state index is 14.9. The number of aromatic nitrogens is 3. The van der Waals surface area contributed by atoms with E-state index in [9.17, 15) is 13.6 Å². The number of carbonyl (C=O) groups is 1. The van der Waals surface area contributed by atoms with Gasteiger partial charge in [0.25, 0.3) is 11.9 Å². The van der Waals surface area contributed by atoms with E-state index in [1.165, 1.54) is 35.0 Å². The van der Waals surface area contributed by atoms with Crippen LogP contribution in [-0.2, 0) is 0 Å². The van der Waals surface area contributed by atoms with E-state index in [1.54, 1.807) is 42.5 Å². The highest BCUT2D eigenvalue weighted by atomic mass is 35.5. The molecule has 6 nitrogen and oxygen atoms in total. The van der Waals surface area contributed by atoms with Crippen LogP contribution in [0.2, 0.25) is 10.0 Å². The summed E-state index contributed by atoms with van der Waals surface area (Å²) in [6, 6.07) is 16.2. The van der Waals surface area contributed by atoms with Crippen molar-refractivity contribution in [1.82, 2.24) is 14.8 Å². The quantitative estimate of drug-likeness (QED) is 0.353. The molecular weight excluding hydrogens is 483 g/mol. The second kappa shape index (κ2) is 8.89. The van der Waals surface area contributed by atoms with Crippen LogP contribution in [0.3, 0.4) is 0 Å². The van der Waals surface area contributed by atoms with Gasteiger partial charge in [-0.25, -0.2) is 13.5 Å². The van der Waals surface area contributed by atoms with Crippen LogP contribution in [0.5, 0.6) is 0 Å². The topological polar surface area (TPSA) is 71.8 Å². The SMILES string of the molecule is O=C(Nc1nc2n(n1)[C@H](c1c(F)cccc1Cl)C=C(c1ccc(Cl)cc1)N2)c1ccccc1F. The van der Waals surface area contributed by atoms with Gasteiger partial charge in [0, 0.05) is 21.3 Å². The zero-order valence-electron chi connectivity index (χ0n) is 17.3. The van der Waals surface area contributed by atoms with Crippen molar-refractivity contribution in [3.05, 3.63) is 111 Å². The van der Waals surface area contributed by atoms with Crippen molar-refractivity contribution in [2.75, 3.05) is 10.6 Å². The van der Waals surface area contributed by atoms with Crippen LogP contribution < -0.4 is 10.6 Å². The summed E-state index contributed by atoms with van der Waals surface area (Å²) in [5.41, 5.74) is 1.42. The third kappa shape index (κ3) is 4.13. The fourth-order valence-corrected chi connectivity index (χ4v) is 4.06. The number of nitrogens with one attached hydrogen (secondary N) is 2. The molecule has 1 atom stereocenters. The number of halogens is 4. The molecule has 0 unspecified atom stereocenters. The summed E-state index contributed by atoms with van der Waals surface area (Å²) < 4.78 is 30.3. The molecule has 1 aliphatic rings. The van der Waals surface area contributed by atoms with E-state index < -0.39 is 23.6 Å². The highest BCUT2D eigenvalue weighted by molar-refractivity contribution is 6.31. The average molecular weight is 498 g/mol. The summed E-state index contributed by atoms with van der Waals surface area (Å²) in [6.45, 7) is 0. The van der Waals surface area contributed by atoms with Crippen molar-refractivity contribution in [2.24, 2.45) is 0 Å². The Morgan fingerprint density at radius 1 is 0.971 bits per heavy atom. The van der Waals surface area contributed by atoms with Crippen LogP contribution in [0, 0.1) is 11.6 Å². The molecule has 0 fully saturated rings. The average Bonchev–Trinajstić information content (AvgIpc) is 3.22. The van der Waals surface area contributed by atoms with Crippen LogP contribution in [-0.4, -0.2) is 20.7 Å². The zero-order valence-corrected chi connectivity index (χ0v) is 18.8. The zero-order chi connectivity index (χ0) is 23.8. The van der Waals surface area contributed by atoms with Crippen molar-refractivity contribution < 1.29 is 13.6 Å². The summed E-state index contributed by atoms with van der Waals surface area (Å²) in [4.78, 5) is 16.9. The van der Waals surface area contributed by atoms with Crippen LogP contribution in [0.25, 0.3) is 5.70 Å². The van der Waals surface area contributed by atoms with Gasteiger partial charge in [-0.1, -0.05) is 53.5 Å². The van der Waals surface area contributed by atoms with E-state index in [0.29, 0.717) is 10.7 Å². The number of allylic oxidation sites excluding steroid dienone is 1.